The third kappa shape index (κ3) is 1.59. The Labute approximate surface area is 92.2 Å². The fourth-order valence-corrected chi connectivity index (χ4v) is 1.62. The van der Waals surface area contributed by atoms with Crippen molar-refractivity contribution in [2.75, 3.05) is 0 Å². The minimum absolute atomic E-state index is 0.132. The molecule has 0 aliphatic rings. The number of nitrogens with zero attached hydrogens (tertiary/aromatic N) is 2. The van der Waals surface area contributed by atoms with Gasteiger partial charge in [0.25, 0.3) is 5.56 Å². The molecule has 0 bridgehead atoms. The summed E-state index contributed by atoms with van der Waals surface area (Å²) in [4.78, 5) is 18.0. The summed E-state index contributed by atoms with van der Waals surface area (Å²) in [6.07, 6.45) is 4.90. The highest BCUT2D eigenvalue weighted by atomic mass is 16.1. The molecule has 2 aromatic heterocycles. The zero-order valence-electron chi connectivity index (χ0n) is 8.69. The molecule has 4 nitrogen and oxygen atoms in total. The molecule has 0 fully saturated rings. The van der Waals surface area contributed by atoms with Gasteiger partial charge < -0.3 is 4.98 Å². The van der Waals surface area contributed by atoms with Gasteiger partial charge in [-0.05, 0) is 18.6 Å². The van der Waals surface area contributed by atoms with Gasteiger partial charge in [0.1, 0.15) is 11.6 Å². The Morgan fingerprint density at radius 1 is 1.50 bits per heavy atom. The number of aromatic nitrogens is 2. The van der Waals surface area contributed by atoms with Gasteiger partial charge in [-0.1, -0.05) is 6.07 Å². The molecule has 0 atom stereocenters. The number of pyridine rings is 2. The Balaban J connectivity index is 2.80. The Bertz CT molecular complexity index is 608. The van der Waals surface area contributed by atoms with Crippen LogP contribution in [0, 0.1) is 18.3 Å². The molecule has 1 N–H and O–H groups in total. The van der Waals surface area contributed by atoms with Gasteiger partial charge >= 0.3 is 0 Å². The summed E-state index contributed by atoms with van der Waals surface area (Å²) in [6, 6.07) is 5.54. The predicted molar refractivity (Wildman–Crippen MR) is 59.7 cm³/mol. The van der Waals surface area contributed by atoms with Gasteiger partial charge in [0.2, 0.25) is 0 Å². The molecule has 0 aliphatic heterocycles. The van der Waals surface area contributed by atoms with E-state index in [0.29, 0.717) is 5.56 Å². The topological polar surface area (TPSA) is 69.5 Å². The second kappa shape index (κ2) is 3.99. The second-order valence-electron chi connectivity index (χ2n) is 3.40. The number of hydrogen-bond acceptors (Lipinski definition) is 3. The lowest BCUT2D eigenvalue weighted by Crippen LogP contribution is -2.12. The molecule has 4 heteroatoms. The van der Waals surface area contributed by atoms with Crippen molar-refractivity contribution in [2.45, 2.75) is 6.92 Å². The zero-order valence-corrected chi connectivity index (χ0v) is 8.69. The van der Waals surface area contributed by atoms with E-state index < -0.39 is 0 Å². The average Bonchev–Trinajstić information content (AvgIpc) is 2.33. The van der Waals surface area contributed by atoms with Gasteiger partial charge in [0.05, 0.1) is 0 Å². The second-order valence-corrected chi connectivity index (χ2v) is 3.40. The summed E-state index contributed by atoms with van der Waals surface area (Å²) >= 11 is 0. The molecule has 0 amide bonds. The van der Waals surface area contributed by atoms with E-state index in [1.54, 1.807) is 24.7 Å². The summed E-state index contributed by atoms with van der Waals surface area (Å²) < 4.78 is 0. The molecule has 16 heavy (non-hydrogen) atoms. The SMILES string of the molecule is Cc1c[nH]c(=O)c(C#N)c1-c1cccnc1. The van der Waals surface area contributed by atoms with Crippen molar-refractivity contribution >= 4 is 0 Å². The highest BCUT2D eigenvalue weighted by Crippen LogP contribution is 2.23. The van der Waals surface area contributed by atoms with Crippen LogP contribution in [0.2, 0.25) is 0 Å². The van der Waals surface area contributed by atoms with E-state index in [1.807, 2.05) is 19.1 Å². The van der Waals surface area contributed by atoms with Gasteiger partial charge in [-0.25, -0.2) is 0 Å². The number of aromatic amines is 1. The molecule has 0 saturated carbocycles. The summed E-state index contributed by atoms with van der Waals surface area (Å²) in [5.41, 5.74) is 2.05. The first-order valence-corrected chi connectivity index (χ1v) is 4.77. The smallest absolute Gasteiger partial charge is 0.266 e. The Kier molecular flexibility index (Phi) is 2.52. The number of hydrogen-bond donors (Lipinski definition) is 1. The van der Waals surface area contributed by atoms with E-state index in [-0.39, 0.29) is 11.1 Å². The number of nitrogens with one attached hydrogen (secondary N) is 1. The fraction of sp³-hybridized carbons (Fsp3) is 0.0833. The minimum Gasteiger partial charge on any atom is -0.328 e. The van der Waals surface area contributed by atoms with Gasteiger partial charge in [-0.15, -0.1) is 0 Å². The van der Waals surface area contributed by atoms with E-state index in [9.17, 15) is 4.79 Å². The molecule has 2 aromatic rings. The predicted octanol–water partition coefficient (Wildman–Crippen LogP) is 1.62. The van der Waals surface area contributed by atoms with Crippen molar-refractivity contribution in [1.29, 1.82) is 5.26 Å². The van der Waals surface area contributed by atoms with Crippen LogP contribution in [-0.2, 0) is 0 Å². The van der Waals surface area contributed by atoms with Crippen LogP contribution >= 0.6 is 0 Å². The molecule has 78 valence electrons. The summed E-state index contributed by atoms with van der Waals surface area (Å²) in [7, 11) is 0. The van der Waals surface area contributed by atoms with Crippen LogP contribution in [0.3, 0.4) is 0 Å². The van der Waals surface area contributed by atoms with E-state index in [2.05, 4.69) is 9.97 Å². The van der Waals surface area contributed by atoms with E-state index in [4.69, 9.17) is 5.26 Å². The monoisotopic (exact) mass is 211 g/mol. The third-order valence-corrected chi connectivity index (χ3v) is 2.35. The largest absolute Gasteiger partial charge is 0.328 e. The molecule has 0 unspecified atom stereocenters. The molecule has 0 aromatic carbocycles. The average molecular weight is 211 g/mol. The summed E-state index contributed by atoms with van der Waals surface area (Å²) in [5.74, 6) is 0. The van der Waals surface area contributed by atoms with Crippen LogP contribution in [0.5, 0.6) is 0 Å². The first-order valence-electron chi connectivity index (χ1n) is 4.77. The highest BCUT2D eigenvalue weighted by molar-refractivity contribution is 5.72. The maximum Gasteiger partial charge on any atom is 0.266 e. The van der Waals surface area contributed by atoms with Crippen LogP contribution in [-0.4, -0.2) is 9.97 Å². The molecule has 2 heterocycles. The van der Waals surface area contributed by atoms with Crippen molar-refractivity contribution < 1.29 is 0 Å². The number of nitriles is 1. The Hall–Kier alpha value is -2.41. The molecular weight excluding hydrogens is 202 g/mol. The fourth-order valence-electron chi connectivity index (χ4n) is 1.62. The molecule has 0 spiro atoms. The van der Waals surface area contributed by atoms with Crippen molar-refractivity contribution in [1.82, 2.24) is 9.97 Å². The van der Waals surface area contributed by atoms with Crippen LogP contribution in [0.15, 0.2) is 35.5 Å². The lowest BCUT2D eigenvalue weighted by atomic mass is 9.99. The normalized spacial score (nSPS) is 9.75. The molecule has 0 aliphatic carbocycles. The maximum absolute atomic E-state index is 11.5. The lowest BCUT2D eigenvalue weighted by Gasteiger charge is -2.06. The maximum atomic E-state index is 11.5. The quantitative estimate of drug-likeness (QED) is 0.779. The first-order chi connectivity index (χ1) is 7.74. The number of H-pyrrole nitrogens is 1. The van der Waals surface area contributed by atoms with Crippen LogP contribution in [0.1, 0.15) is 11.1 Å². The van der Waals surface area contributed by atoms with Crippen molar-refractivity contribution in [3.05, 3.63) is 52.2 Å². The molecular formula is C12H9N3O. The number of rotatable bonds is 1. The summed E-state index contributed by atoms with van der Waals surface area (Å²) in [6.45, 7) is 1.85. The van der Waals surface area contributed by atoms with E-state index in [0.717, 1.165) is 11.1 Å². The van der Waals surface area contributed by atoms with Gasteiger partial charge in [-0.2, -0.15) is 5.26 Å². The van der Waals surface area contributed by atoms with E-state index >= 15 is 0 Å². The first kappa shape index (κ1) is 10.1. The Morgan fingerprint density at radius 3 is 2.94 bits per heavy atom. The van der Waals surface area contributed by atoms with Gasteiger partial charge in [0, 0.05) is 29.7 Å². The van der Waals surface area contributed by atoms with Crippen LogP contribution in [0.4, 0.5) is 0 Å². The highest BCUT2D eigenvalue weighted by Gasteiger charge is 2.11. The van der Waals surface area contributed by atoms with Gasteiger partial charge in [0.15, 0.2) is 0 Å². The standard InChI is InChI=1S/C12H9N3O/c1-8-6-15-12(16)10(5-13)11(8)9-3-2-4-14-7-9/h2-4,6-7H,1H3,(H,15,16). The third-order valence-electron chi connectivity index (χ3n) is 2.35. The molecule has 2 rings (SSSR count). The van der Waals surface area contributed by atoms with Gasteiger partial charge in [-0.3, -0.25) is 9.78 Å². The van der Waals surface area contributed by atoms with Crippen molar-refractivity contribution in [3.63, 3.8) is 0 Å². The molecule has 0 saturated heterocycles. The van der Waals surface area contributed by atoms with Crippen LogP contribution in [0.25, 0.3) is 11.1 Å². The number of aryl methyl sites for hydroxylation is 1. The zero-order chi connectivity index (χ0) is 11.5. The van der Waals surface area contributed by atoms with E-state index in [1.165, 1.54) is 0 Å². The lowest BCUT2D eigenvalue weighted by molar-refractivity contribution is 1.18. The Morgan fingerprint density at radius 2 is 2.31 bits per heavy atom. The van der Waals surface area contributed by atoms with Crippen LogP contribution < -0.4 is 5.56 Å². The minimum atomic E-state index is -0.369. The summed E-state index contributed by atoms with van der Waals surface area (Å²) in [5, 5.41) is 8.99. The van der Waals surface area contributed by atoms with Crippen molar-refractivity contribution in [3.8, 4) is 17.2 Å². The molecule has 0 radical (unpaired) electrons. The van der Waals surface area contributed by atoms with Crippen molar-refractivity contribution in [2.24, 2.45) is 0 Å².